The van der Waals surface area contributed by atoms with Crippen LogP contribution in [0.4, 0.5) is 23.8 Å². The fourth-order valence-electron chi connectivity index (χ4n) is 1.27. The number of carbonyl (C=O) groups excluding carboxylic acids is 2. The molecule has 1 rings (SSSR count). The van der Waals surface area contributed by atoms with Crippen LogP contribution in [-0.4, -0.2) is 28.6 Å². The van der Waals surface area contributed by atoms with Gasteiger partial charge in [-0.15, -0.1) is 0 Å². The number of Topliss-reactive ketones (excluding diaryl/α,β-unsaturated/α-hetero) is 1. The third-order valence-electron chi connectivity index (χ3n) is 1.98. The number of anilines is 1. The largest absolute Gasteiger partial charge is 0.455 e. The Morgan fingerprint density at radius 2 is 1.81 bits per heavy atom. The predicted molar refractivity (Wildman–Crippen MR) is 69.5 cm³/mol. The van der Waals surface area contributed by atoms with E-state index >= 15 is 0 Å². The minimum absolute atomic E-state index is 0.181. The van der Waals surface area contributed by atoms with Crippen LogP contribution < -0.4 is 5.32 Å². The first-order valence-corrected chi connectivity index (χ1v) is 6.06. The predicted octanol–water partition coefficient (Wildman–Crippen LogP) is 3.83. The molecule has 0 saturated heterocycles. The lowest BCUT2D eigenvalue weighted by Crippen LogP contribution is -2.29. The lowest BCUT2D eigenvalue weighted by molar-refractivity contribution is -0.0885. The molecule has 0 bridgehead atoms. The molecule has 1 aromatic heterocycles. The summed E-state index contributed by atoms with van der Waals surface area (Å²) < 4.78 is 42.3. The van der Waals surface area contributed by atoms with Gasteiger partial charge in [0.25, 0.3) is 5.78 Å². The van der Waals surface area contributed by atoms with Crippen molar-refractivity contribution in [1.29, 1.82) is 0 Å². The van der Waals surface area contributed by atoms with Gasteiger partial charge in [-0.25, -0.2) is 9.78 Å². The number of halogens is 4. The molecule has 9 heteroatoms. The number of rotatable bonds is 2. The second-order valence-electron chi connectivity index (χ2n) is 4.98. The van der Waals surface area contributed by atoms with Gasteiger partial charge < -0.3 is 4.74 Å². The zero-order chi connectivity index (χ0) is 16.4. The standard InChI is InChI=1S/C12H12ClF3N2O3/c1-11(2,3)21-10(20)18-9-6(4-5-7(13)17-9)8(19)12(14,15)16/h4-5H,1-3H3,(H,17,18,20). The maximum atomic E-state index is 12.5. The third-order valence-corrected chi connectivity index (χ3v) is 2.19. The molecule has 0 aromatic carbocycles. The van der Waals surface area contributed by atoms with Crippen LogP contribution in [0.1, 0.15) is 31.1 Å². The molecule has 21 heavy (non-hydrogen) atoms. The molecule has 116 valence electrons. The fourth-order valence-corrected chi connectivity index (χ4v) is 1.41. The highest BCUT2D eigenvalue weighted by Crippen LogP contribution is 2.26. The van der Waals surface area contributed by atoms with Crippen LogP contribution in [0.3, 0.4) is 0 Å². The Labute approximate surface area is 123 Å². The van der Waals surface area contributed by atoms with E-state index in [1.165, 1.54) is 0 Å². The minimum atomic E-state index is -5.10. The summed E-state index contributed by atoms with van der Waals surface area (Å²) in [5.74, 6) is -2.75. The van der Waals surface area contributed by atoms with Crippen LogP contribution >= 0.6 is 11.6 Å². The van der Waals surface area contributed by atoms with Crippen molar-refractivity contribution in [3.8, 4) is 0 Å². The lowest BCUT2D eigenvalue weighted by Gasteiger charge is -2.20. The van der Waals surface area contributed by atoms with E-state index in [-0.39, 0.29) is 5.15 Å². The number of carbonyl (C=O) groups is 2. The monoisotopic (exact) mass is 324 g/mol. The SMILES string of the molecule is CC(C)(C)OC(=O)Nc1nc(Cl)ccc1C(=O)C(F)(F)F. The zero-order valence-corrected chi connectivity index (χ0v) is 12.1. The van der Waals surface area contributed by atoms with Gasteiger partial charge in [-0.05, 0) is 32.9 Å². The van der Waals surface area contributed by atoms with Crippen molar-refractivity contribution in [2.24, 2.45) is 0 Å². The molecule has 0 spiro atoms. The zero-order valence-electron chi connectivity index (χ0n) is 11.3. The van der Waals surface area contributed by atoms with E-state index < -0.39 is 35.0 Å². The van der Waals surface area contributed by atoms with Crippen LogP contribution in [0.2, 0.25) is 5.15 Å². The van der Waals surface area contributed by atoms with Crippen molar-refractivity contribution >= 4 is 29.3 Å². The van der Waals surface area contributed by atoms with Gasteiger partial charge in [0.2, 0.25) is 0 Å². The summed E-state index contributed by atoms with van der Waals surface area (Å²) in [6.45, 7) is 4.71. The molecule has 1 N–H and O–H groups in total. The van der Waals surface area contributed by atoms with Crippen molar-refractivity contribution in [2.45, 2.75) is 32.5 Å². The Hall–Kier alpha value is -1.83. The van der Waals surface area contributed by atoms with Crippen LogP contribution in [0.5, 0.6) is 0 Å². The molecule has 0 aliphatic rings. The molecule has 0 aliphatic heterocycles. The molecular formula is C12H12ClF3N2O3. The van der Waals surface area contributed by atoms with Gasteiger partial charge in [0.15, 0.2) is 0 Å². The summed E-state index contributed by atoms with van der Waals surface area (Å²) in [6.07, 6.45) is -6.15. The first-order chi connectivity index (χ1) is 9.40. The number of hydrogen-bond donors (Lipinski definition) is 1. The summed E-state index contributed by atoms with van der Waals surface area (Å²) in [4.78, 5) is 26.3. The average molecular weight is 325 g/mol. The summed E-state index contributed by atoms with van der Waals surface area (Å²) in [5, 5.41) is 1.80. The van der Waals surface area contributed by atoms with Crippen molar-refractivity contribution in [3.05, 3.63) is 22.8 Å². The van der Waals surface area contributed by atoms with Gasteiger partial charge in [-0.1, -0.05) is 11.6 Å². The number of aromatic nitrogens is 1. The maximum absolute atomic E-state index is 12.5. The number of nitrogens with zero attached hydrogens (tertiary/aromatic N) is 1. The van der Waals surface area contributed by atoms with Crippen LogP contribution in [0.25, 0.3) is 0 Å². The van der Waals surface area contributed by atoms with Crippen molar-refractivity contribution in [3.63, 3.8) is 0 Å². The number of amides is 1. The van der Waals surface area contributed by atoms with E-state index in [0.717, 1.165) is 12.1 Å². The molecule has 0 saturated carbocycles. The second kappa shape index (κ2) is 5.88. The highest BCUT2D eigenvalue weighted by Gasteiger charge is 2.41. The molecule has 0 fully saturated rings. The first kappa shape index (κ1) is 17.2. The summed E-state index contributed by atoms with van der Waals surface area (Å²) >= 11 is 5.56. The van der Waals surface area contributed by atoms with Gasteiger partial charge in [0, 0.05) is 0 Å². The fraction of sp³-hybridized carbons (Fsp3) is 0.417. The molecule has 0 radical (unpaired) electrons. The Kier molecular flexibility index (Phi) is 4.83. The number of alkyl halides is 3. The minimum Gasteiger partial charge on any atom is -0.444 e. The Bertz CT molecular complexity index is 568. The quantitative estimate of drug-likeness (QED) is 0.663. The molecule has 1 aromatic rings. The first-order valence-electron chi connectivity index (χ1n) is 5.68. The lowest BCUT2D eigenvalue weighted by atomic mass is 10.1. The van der Waals surface area contributed by atoms with Gasteiger partial charge in [0.05, 0.1) is 5.56 Å². The van der Waals surface area contributed by atoms with E-state index in [0.29, 0.717) is 0 Å². The molecule has 1 heterocycles. The van der Waals surface area contributed by atoms with E-state index in [2.05, 4.69) is 4.98 Å². The molecular weight excluding hydrogens is 313 g/mol. The van der Waals surface area contributed by atoms with E-state index in [1.54, 1.807) is 20.8 Å². The highest BCUT2D eigenvalue weighted by molar-refractivity contribution is 6.29. The normalized spacial score (nSPS) is 12.0. The van der Waals surface area contributed by atoms with Crippen molar-refractivity contribution in [1.82, 2.24) is 4.98 Å². The molecule has 0 unspecified atom stereocenters. The van der Waals surface area contributed by atoms with Gasteiger partial charge in [0.1, 0.15) is 16.6 Å². The number of pyridine rings is 1. The van der Waals surface area contributed by atoms with Gasteiger partial charge in [-0.3, -0.25) is 10.1 Å². The van der Waals surface area contributed by atoms with Crippen molar-refractivity contribution in [2.75, 3.05) is 5.32 Å². The van der Waals surface area contributed by atoms with Gasteiger partial charge >= 0.3 is 12.3 Å². The number of hydrogen-bond acceptors (Lipinski definition) is 4. The van der Waals surface area contributed by atoms with Crippen LogP contribution in [0, 0.1) is 0 Å². The summed E-state index contributed by atoms with van der Waals surface area (Å²) in [5.41, 5.74) is -1.69. The highest BCUT2D eigenvalue weighted by atomic mass is 35.5. The topological polar surface area (TPSA) is 68.3 Å². The van der Waals surface area contributed by atoms with Crippen molar-refractivity contribution < 1.29 is 27.5 Å². The van der Waals surface area contributed by atoms with Crippen LogP contribution in [0.15, 0.2) is 12.1 Å². The summed E-state index contributed by atoms with van der Waals surface area (Å²) in [7, 11) is 0. The Morgan fingerprint density at radius 1 is 1.24 bits per heavy atom. The Balaban J connectivity index is 3.09. The number of ether oxygens (including phenoxy) is 1. The summed E-state index contributed by atoms with van der Waals surface area (Å²) in [6, 6.07) is 1.85. The van der Waals surface area contributed by atoms with E-state index in [1.807, 2.05) is 5.32 Å². The van der Waals surface area contributed by atoms with Crippen LogP contribution in [-0.2, 0) is 4.74 Å². The maximum Gasteiger partial charge on any atom is 0.455 e. The molecule has 0 atom stereocenters. The van der Waals surface area contributed by atoms with E-state index in [4.69, 9.17) is 16.3 Å². The molecule has 5 nitrogen and oxygen atoms in total. The second-order valence-corrected chi connectivity index (χ2v) is 5.37. The number of nitrogens with one attached hydrogen (secondary N) is 1. The van der Waals surface area contributed by atoms with E-state index in [9.17, 15) is 22.8 Å². The Morgan fingerprint density at radius 3 is 2.29 bits per heavy atom. The average Bonchev–Trinajstić information content (AvgIpc) is 2.24. The van der Waals surface area contributed by atoms with Gasteiger partial charge in [-0.2, -0.15) is 13.2 Å². The molecule has 1 amide bonds. The number of ketones is 1. The smallest absolute Gasteiger partial charge is 0.444 e. The third kappa shape index (κ3) is 5.22. The molecule has 0 aliphatic carbocycles.